The molecule has 0 atom stereocenters. The van der Waals surface area contributed by atoms with Crippen molar-refractivity contribution in [3.63, 3.8) is 0 Å². The second-order valence-corrected chi connectivity index (χ2v) is 9.02. The second-order valence-electron chi connectivity index (χ2n) is 7.36. The zero-order chi connectivity index (χ0) is 21.0. The average molecular weight is 451 g/mol. The molecule has 0 spiro atoms. The smallest absolute Gasteiger partial charge is 0.227 e. The molecule has 4 aromatic rings. The number of rotatable bonds is 6. The maximum absolute atomic E-state index is 6.10. The van der Waals surface area contributed by atoms with Gasteiger partial charge in [-0.15, -0.1) is 0 Å². The van der Waals surface area contributed by atoms with E-state index in [2.05, 4.69) is 32.7 Å². The number of hydrogen-bond donors (Lipinski definition) is 2. The zero-order valence-corrected chi connectivity index (χ0v) is 18.6. The lowest BCUT2D eigenvalue weighted by Crippen LogP contribution is -2.34. The molecule has 2 aromatic carbocycles. The molecular formula is C23H23ClN6S. The normalized spacial score (nSPS) is 14.2. The van der Waals surface area contributed by atoms with E-state index in [0.29, 0.717) is 5.02 Å². The van der Waals surface area contributed by atoms with Crippen LogP contribution in [0.5, 0.6) is 0 Å². The van der Waals surface area contributed by atoms with Gasteiger partial charge in [-0.05, 0) is 36.4 Å². The van der Waals surface area contributed by atoms with E-state index in [1.165, 1.54) is 0 Å². The maximum atomic E-state index is 6.10. The number of hydrogen-bond acceptors (Lipinski definition) is 7. The Morgan fingerprint density at radius 2 is 1.74 bits per heavy atom. The van der Waals surface area contributed by atoms with Gasteiger partial charge in [0.25, 0.3) is 0 Å². The van der Waals surface area contributed by atoms with E-state index in [0.717, 1.165) is 76.9 Å². The third-order valence-electron chi connectivity index (χ3n) is 5.32. The van der Waals surface area contributed by atoms with Crippen LogP contribution in [0.25, 0.3) is 21.8 Å². The highest BCUT2D eigenvalue weighted by Crippen LogP contribution is 2.26. The Morgan fingerprint density at radius 1 is 0.903 bits per heavy atom. The fraction of sp³-hybridized carbons (Fsp3) is 0.261. The first-order valence-electron chi connectivity index (χ1n) is 10.4. The quantitative estimate of drug-likeness (QED) is 0.404. The van der Waals surface area contributed by atoms with Crippen LogP contribution in [-0.4, -0.2) is 52.6 Å². The van der Waals surface area contributed by atoms with Gasteiger partial charge in [0.05, 0.1) is 11.0 Å². The lowest BCUT2D eigenvalue weighted by molar-refractivity contribution is 0.820. The lowest BCUT2D eigenvalue weighted by atomic mass is 10.2. The van der Waals surface area contributed by atoms with Gasteiger partial charge in [-0.2, -0.15) is 16.7 Å². The molecule has 0 unspecified atom stereocenters. The molecule has 0 bridgehead atoms. The van der Waals surface area contributed by atoms with Crippen molar-refractivity contribution >= 4 is 62.6 Å². The van der Waals surface area contributed by atoms with E-state index in [1.54, 1.807) is 6.20 Å². The first-order chi connectivity index (χ1) is 15.3. The Balaban J connectivity index is 1.32. The molecule has 3 heterocycles. The molecule has 8 heteroatoms. The molecule has 5 rings (SSSR count). The Morgan fingerprint density at radius 3 is 2.65 bits per heavy atom. The predicted octanol–water partition coefficient (Wildman–Crippen LogP) is 4.91. The van der Waals surface area contributed by atoms with E-state index in [4.69, 9.17) is 21.6 Å². The van der Waals surface area contributed by atoms with Gasteiger partial charge in [0.1, 0.15) is 5.82 Å². The summed E-state index contributed by atoms with van der Waals surface area (Å²) in [7, 11) is 0. The van der Waals surface area contributed by atoms with Gasteiger partial charge in [0.2, 0.25) is 5.95 Å². The molecule has 31 heavy (non-hydrogen) atoms. The molecule has 1 fully saturated rings. The van der Waals surface area contributed by atoms with E-state index in [9.17, 15) is 0 Å². The van der Waals surface area contributed by atoms with Crippen molar-refractivity contribution in [2.24, 2.45) is 0 Å². The van der Waals surface area contributed by atoms with Crippen LogP contribution in [0.1, 0.15) is 0 Å². The number of nitrogens with zero attached hydrogens (tertiary/aromatic N) is 4. The first-order valence-corrected chi connectivity index (χ1v) is 11.9. The highest BCUT2D eigenvalue weighted by molar-refractivity contribution is 7.99. The lowest BCUT2D eigenvalue weighted by Gasteiger charge is -2.27. The van der Waals surface area contributed by atoms with Crippen molar-refractivity contribution in [3.05, 3.63) is 59.8 Å². The summed E-state index contributed by atoms with van der Waals surface area (Å²) < 4.78 is 0. The summed E-state index contributed by atoms with van der Waals surface area (Å²) in [5.41, 5.74) is 2.90. The van der Waals surface area contributed by atoms with Gasteiger partial charge >= 0.3 is 0 Å². The number of benzene rings is 2. The number of nitrogens with one attached hydrogen (secondary N) is 2. The minimum atomic E-state index is 0.692. The van der Waals surface area contributed by atoms with Crippen LogP contribution < -0.4 is 15.5 Å². The van der Waals surface area contributed by atoms with Gasteiger partial charge in [-0.3, -0.25) is 4.98 Å². The number of anilines is 3. The number of thioether (sulfide) groups is 1. The zero-order valence-electron chi connectivity index (χ0n) is 17.0. The summed E-state index contributed by atoms with van der Waals surface area (Å²) in [5, 5.41) is 9.81. The second kappa shape index (κ2) is 9.16. The molecule has 1 aliphatic rings. The minimum Gasteiger partial charge on any atom is -0.383 e. The van der Waals surface area contributed by atoms with Crippen LogP contribution in [0.2, 0.25) is 5.02 Å². The summed E-state index contributed by atoms with van der Waals surface area (Å²) in [6, 6.07) is 15.9. The largest absolute Gasteiger partial charge is 0.383 e. The summed E-state index contributed by atoms with van der Waals surface area (Å²) in [6.07, 6.45) is 1.80. The standard InChI is InChI=1S/C23H23ClN6S/c24-16-5-6-17-19(7-8-25-21(17)15-16)26-9-10-27-22-18-3-1-2-4-20(18)28-23(29-22)30-11-13-31-14-12-30/h1-8,15H,9-14H2,(H,25,26)(H,27,28,29). The van der Waals surface area contributed by atoms with Crippen molar-refractivity contribution in [3.8, 4) is 0 Å². The molecule has 0 radical (unpaired) electrons. The van der Waals surface area contributed by atoms with Crippen molar-refractivity contribution in [1.82, 2.24) is 15.0 Å². The number of fused-ring (bicyclic) bond motifs is 2. The Hall–Kier alpha value is -2.77. The average Bonchev–Trinajstić information content (AvgIpc) is 2.82. The van der Waals surface area contributed by atoms with Gasteiger partial charge in [0, 0.05) is 65.4 Å². The monoisotopic (exact) mass is 450 g/mol. The fourth-order valence-electron chi connectivity index (χ4n) is 3.76. The molecule has 0 saturated carbocycles. The highest BCUT2D eigenvalue weighted by atomic mass is 35.5. The first kappa shape index (κ1) is 20.2. The van der Waals surface area contributed by atoms with E-state index in [-0.39, 0.29) is 0 Å². The van der Waals surface area contributed by atoms with Crippen LogP contribution >= 0.6 is 23.4 Å². The topological polar surface area (TPSA) is 66.0 Å². The van der Waals surface area contributed by atoms with Gasteiger partial charge in [0.15, 0.2) is 0 Å². The number of aromatic nitrogens is 3. The van der Waals surface area contributed by atoms with E-state index >= 15 is 0 Å². The Kier molecular flexibility index (Phi) is 5.95. The summed E-state index contributed by atoms with van der Waals surface area (Å²) in [6.45, 7) is 3.45. The van der Waals surface area contributed by atoms with E-state index in [1.807, 2.05) is 48.2 Å². The third-order valence-corrected chi connectivity index (χ3v) is 6.50. The van der Waals surface area contributed by atoms with Gasteiger partial charge in [-0.1, -0.05) is 23.7 Å². The summed E-state index contributed by atoms with van der Waals surface area (Å²) >= 11 is 8.08. The SMILES string of the molecule is Clc1ccc2c(NCCNc3nc(N4CCSCC4)nc4ccccc34)ccnc2c1. The van der Waals surface area contributed by atoms with Crippen LogP contribution in [0.3, 0.4) is 0 Å². The fourth-order valence-corrected chi connectivity index (χ4v) is 4.83. The van der Waals surface area contributed by atoms with Crippen LogP contribution in [-0.2, 0) is 0 Å². The molecular weight excluding hydrogens is 428 g/mol. The van der Waals surface area contributed by atoms with Gasteiger partial charge < -0.3 is 15.5 Å². The van der Waals surface area contributed by atoms with Crippen LogP contribution in [0, 0.1) is 0 Å². The summed E-state index contributed by atoms with van der Waals surface area (Å²) in [5.74, 6) is 3.93. The third kappa shape index (κ3) is 4.48. The molecule has 0 aliphatic carbocycles. The van der Waals surface area contributed by atoms with Crippen molar-refractivity contribution in [2.75, 3.05) is 53.2 Å². The predicted molar refractivity (Wildman–Crippen MR) is 133 cm³/mol. The molecule has 158 valence electrons. The molecule has 1 saturated heterocycles. The number of pyridine rings is 1. The Labute approximate surface area is 190 Å². The molecule has 2 aromatic heterocycles. The number of para-hydroxylation sites is 1. The van der Waals surface area contributed by atoms with Crippen LogP contribution in [0.4, 0.5) is 17.5 Å². The Bertz CT molecular complexity index is 1210. The van der Waals surface area contributed by atoms with E-state index < -0.39 is 0 Å². The minimum absolute atomic E-state index is 0.692. The molecule has 0 amide bonds. The van der Waals surface area contributed by atoms with Crippen molar-refractivity contribution < 1.29 is 0 Å². The summed E-state index contributed by atoms with van der Waals surface area (Å²) in [4.78, 5) is 16.4. The van der Waals surface area contributed by atoms with Crippen LogP contribution in [0.15, 0.2) is 54.7 Å². The van der Waals surface area contributed by atoms with Crippen molar-refractivity contribution in [2.45, 2.75) is 0 Å². The van der Waals surface area contributed by atoms with Crippen molar-refractivity contribution in [1.29, 1.82) is 0 Å². The molecule has 1 aliphatic heterocycles. The van der Waals surface area contributed by atoms with Gasteiger partial charge in [-0.25, -0.2) is 4.98 Å². The highest BCUT2D eigenvalue weighted by Gasteiger charge is 2.16. The molecule has 6 nitrogen and oxygen atoms in total. The molecule has 2 N–H and O–H groups in total. The maximum Gasteiger partial charge on any atom is 0.227 e. The number of halogens is 1.